The van der Waals surface area contributed by atoms with E-state index in [1.165, 1.54) is 0 Å². The van der Waals surface area contributed by atoms with Gasteiger partial charge in [-0.05, 0) is 35.7 Å². The third-order valence-electron chi connectivity index (χ3n) is 2.64. The van der Waals surface area contributed by atoms with Crippen molar-refractivity contribution < 1.29 is 5.11 Å². The Bertz CT molecular complexity index is 359. The Morgan fingerprint density at radius 1 is 1.69 bits per heavy atom. The van der Waals surface area contributed by atoms with E-state index in [-0.39, 0.29) is 0 Å². The molecule has 0 spiro atoms. The van der Waals surface area contributed by atoms with Crippen molar-refractivity contribution in [2.45, 2.75) is 18.9 Å². The van der Waals surface area contributed by atoms with Crippen LogP contribution in [0.4, 0.5) is 0 Å². The second kappa shape index (κ2) is 4.84. The first-order valence-corrected chi connectivity index (χ1v) is 6.40. The molecule has 3 N–H and O–H groups in total. The van der Waals surface area contributed by atoms with E-state index in [4.69, 9.17) is 0 Å². The van der Waals surface area contributed by atoms with E-state index >= 15 is 0 Å². The molecule has 4 nitrogen and oxygen atoms in total. The van der Waals surface area contributed by atoms with Crippen molar-refractivity contribution in [3.05, 3.63) is 22.4 Å². The Hall–Kier alpha value is -1.07. The van der Waals surface area contributed by atoms with Crippen LogP contribution in [0.25, 0.3) is 0 Å². The first-order chi connectivity index (χ1) is 7.68. The molecule has 2 rings (SSSR count). The molecular formula is C11H17N3OS. The molecular weight excluding hydrogens is 222 g/mol. The summed E-state index contributed by atoms with van der Waals surface area (Å²) in [4.78, 5) is 4.30. The van der Waals surface area contributed by atoms with Crippen molar-refractivity contribution in [2.24, 2.45) is 4.99 Å². The monoisotopic (exact) mass is 239 g/mol. The normalized spacial score (nSPS) is 19.5. The molecule has 5 heteroatoms. The summed E-state index contributed by atoms with van der Waals surface area (Å²) in [6, 6.07) is 1.95. The van der Waals surface area contributed by atoms with Crippen molar-refractivity contribution in [1.82, 2.24) is 10.6 Å². The third kappa shape index (κ3) is 2.74. The summed E-state index contributed by atoms with van der Waals surface area (Å²) in [5, 5.41) is 20.5. The lowest BCUT2D eigenvalue weighted by Gasteiger charge is -2.25. The maximum atomic E-state index is 10.3. The Labute approximate surface area is 99.4 Å². The summed E-state index contributed by atoms with van der Waals surface area (Å²) in [6.07, 6.45) is 1.08. The summed E-state index contributed by atoms with van der Waals surface area (Å²) in [6.45, 7) is 4.09. The number of guanidine groups is 1. The van der Waals surface area contributed by atoms with Crippen molar-refractivity contribution >= 4 is 17.3 Å². The van der Waals surface area contributed by atoms with Crippen molar-refractivity contribution in [1.29, 1.82) is 0 Å². The molecule has 0 aliphatic carbocycles. The molecule has 0 radical (unpaired) electrons. The zero-order valence-electron chi connectivity index (χ0n) is 9.36. The first-order valence-electron chi connectivity index (χ1n) is 5.46. The molecule has 1 aromatic rings. The van der Waals surface area contributed by atoms with Gasteiger partial charge < -0.3 is 15.7 Å². The van der Waals surface area contributed by atoms with Gasteiger partial charge in [0.05, 0.1) is 6.54 Å². The van der Waals surface area contributed by atoms with Crippen LogP contribution < -0.4 is 10.6 Å². The molecule has 0 saturated carbocycles. The minimum atomic E-state index is -0.846. The molecule has 88 valence electrons. The molecule has 1 aliphatic rings. The molecule has 2 heterocycles. The van der Waals surface area contributed by atoms with Crippen molar-refractivity contribution in [3.63, 3.8) is 0 Å². The summed E-state index contributed by atoms with van der Waals surface area (Å²) >= 11 is 1.59. The van der Waals surface area contributed by atoms with Crippen LogP contribution in [0.5, 0.6) is 0 Å². The van der Waals surface area contributed by atoms with Crippen LogP contribution in [0.2, 0.25) is 0 Å². The minimum Gasteiger partial charge on any atom is -0.384 e. The summed E-state index contributed by atoms with van der Waals surface area (Å²) in [7, 11) is 0. The number of hydrogen-bond acceptors (Lipinski definition) is 5. The number of thiophene rings is 1. The summed E-state index contributed by atoms with van der Waals surface area (Å²) < 4.78 is 0. The molecule has 0 saturated heterocycles. The lowest BCUT2D eigenvalue weighted by molar-refractivity contribution is 0.0621. The molecule has 0 fully saturated rings. The van der Waals surface area contributed by atoms with E-state index in [1.807, 2.05) is 23.8 Å². The zero-order chi connectivity index (χ0) is 11.4. The van der Waals surface area contributed by atoms with Crippen molar-refractivity contribution in [3.8, 4) is 0 Å². The van der Waals surface area contributed by atoms with Gasteiger partial charge in [-0.1, -0.05) is 0 Å². The largest absolute Gasteiger partial charge is 0.384 e. The predicted molar refractivity (Wildman–Crippen MR) is 66.8 cm³/mol. The highest BCUT2D eigenvalue weighted by molar-refractivity contribution is 7.08. The van der Waals surface area contributed by atoms with Crippen LogP contribution in [0, 0.1) is 0 Å². The van der Waals surface area contributed by atoms with Gasteiger partial charge in [0, 0.05) is 13.1 Å². The molecule has 16 heavy (non-hydrogen) atoms. The molecule has 1 aliphatic heterocycles. The number of aliphatic imine (C=N–C) groups is 1. The number of aliphatic hydroxyl groups is 1. The molecule has 1 atom stereocenters. The van der Waals surface area contributed by atoms with Crippen LogP contribution in [-0.4, -0.2) is 30.7 Å². The maximum absolute atomic E-state index is 10.3. The second-order valence-corrected chi connectivity index (χ2v) is 4.93. The molecule has 1 unspecified atom stereocenters. The number of rotatable bonds is 3. The van der Waals surface area contributed by atoms with E-state index in [1.54, 1.807) is 11.3 Å². The smallest absolute Gasteiger partial charge is 0.191 e. The molecule has 0 aromatic carbocycles. The Balaban J connectivity index is 1.91. The fourth-order valence-electron chi connectivity index (χ4n) is 1.58. The maximum Gasteiger partial charge on any atom is 0.191 e. The highest BCUT2D eigenvalue weighted by Crippen LogP contribution is 2.21. The van der Waals surface area contributed by atoms with Crippen LogP contribution >= 0.6 is 11.3 Å². The van der Waals surface area contributed by atoms with E-state index in [0.717, 1.165) is 31.0 Å². The average Bonchev–Trinajstić information content (AvgIpc) is 2.82. The van der Waals surface area contributed by atoms with Gasteiger partial charge in [-0.25, -0.2) is 0 Å². The Morgan fingerprint density at radius 3 is 3.19 bits per heavy atom. The molecule has 0 amide bonds. The highest BCUT2D eigenvalue weighted by atomic mass is 32.1. The van der Waals surface area contributed by atoms with Gasteiger partial charge in [0.2, 0.25) is 0 Å². The Morgan fingerprint density at radius 2 is 2.56 bits per heavy atom. The lowest BCUT2D eigenvalue weighted by atomic mass is 9.99. The summed E-state index contributed by atoms with van der Waals surface area (Å²) in [5.41, 5.74) is 0.100. The van der Waals surface area contributed by atoms with Gasteiger partial charge in [-0.3, -0.25) is 4.99 Å². The second-order valence-electron chi connectivity index (χ2n) is 4.15. The quantitative estimate of drug-likeness (QED) is 0.734. The molecule has 1 aromatic heterocycles. The van der Waals surface area contributed by atoms with Gasteiger partial charge in [-0.2, -0.15) is 11.3 Å². The zero-order valence-corrected chi connectivity index (χ0v) is 10.2. The first kappa shape index (κ1) is 11.4. The minimum absolute atomic E-state index is 0.468. The van der Waals surface area contributed by atoms with Crippen LogP contribution in [0.15, 0.2) is 21.8 Å². The standard InChI is InChI=1S/C11H17N3OS/c1-11(15,9-3-6-16-7-9)8-14-10-12-4-2-5-13-10/h3,6-7,15H,2,4-5,8H2,1H3,(H2,12,13,14). The van der Waals surface area contributed by atoms with Gasteiger partial charge >= 0.3 is 0 Å². The van der Waals surface area contributed by atoms with Gasteiger partial charge in [-0.15, -0.1) is 0 Å². The fourth-order valence-corrected chi connectivity index (χ4v) is 2.36. The van der Waals surface area contributed by atoms with E-state index in [0.29, 0.717) is 6.54 Å². The molecule has 0 bridgehead atoms. The fraction of sp³-hybridized carbons (Fsp3) is 0.545. The predicted octanol–water partition coefficient (Wildman–Crippen LogP) is 0.894. The SMILES string of the molecule is CC(O)(CNC1=NCCCN1)c1ccsc1. The third-order valence-corrected chi connectivity index (χ3v) is 3.32. The lowest BCUT2D eigenvalue weighted by Crippen LogP contribution is -2.46. The highest BCUT2D eigenvalue weighted by Gasteiger charge is 2.23. The van der Waals surface area contributed by atoms with Crippen LogP contribution in [0.1, 0.15) is 18.9 Å². The number of hydrogen-bond donors (Lipinski definition) is 3. The number of nitrogens with one attached hydrogen (secondary N) is 2. The average molecular weight is 239 g/mol. The van der Waals surface area contributed by atoms with E-state index in [9.17, 15) is 5.11 Å². The van der Waals surface area contributed by atoms with Gasteiger partial charge in [0.25, 0.3) is 0 Å². The van der Waals surface area contributed by atoms with Crippen molar-refractivity contribution in [2.75, 3.05) is 19.6 Å². The Kier molecular flexibility index (Phi) is 3.46. The topological polar surface area (TPSA) is 56.6 Å². The van der Waals surface area contributed by atoms with Gasteiger partial charge in [0.1, 0.15) is 5.60 Å². The van der Waals surface area contributed by atoms with E-state index < -0.39 is 5.60 Å². The van der Waals surface area contributed by atoms with Crippen LogP contribution in [0.3, 0.4) is 0 Å². The van der Waals surface area contributed by atoms with Gasteiger partial charge in [0.15, 0.2) is 5.96 Å². The van der Waals surface area contributed by atoms with E-state index in [2.05, 4.69) is 15.6 Å². The summed E-state index contributed by atoms with van der Waals surface area (Å²) in [5.74, 6) is 0.793. The van der Waals surface area contributed by atoms with Crippen LogP contribution in [-0.2, 0) is 5.60 Å². The number of nitrogens with zero attached hydrogens (tertiary/aromatic N) is 1.